The molecule has 1 N–H and O–H groups in total. The first-order chi connectivity index (χ1) is 17.0. The number of thioether (sulfide) groups is 1. The van der Waals surface area contributed by atoms with Gasteiger partial charge in [0, 0.05) is 27.4 Å². The number of hydrogen-bond donors (Lipinski definition) is 1. The van der Waals surface area contributed by atoms with Gasteiger partial charge >= 0.3 is 0 Å². The van der Waals surface area contributed by atoms with E-state index in [-0.39, 0.29) is 11.7 Å². The van der Waals surface area contributed by atoms with E-state index >= 15 is 0 Å². The minimum Gasteiger partial charge on any atom is -0.453 e. The first-order valence-corrected chi connectivity index (χ1v) is 12.9. The average Bonchev–Trinajstić information content (AvgIpc) is 3.55. The van der Waals surface area contributed by atoms with Crippen LogP contribution in [0, 0.1) is 6.92 Å². The van der Waals surface area contributed by atoms with Crippen molar-refractivity contribution in [3.05, 3.63) is 77.2 Å². The van der Waals surface area contributed by atoms with Crippen molar-refractivity contribution in [2.75, 3.05) is 11.1 Å². The molecule has 0 aliphatic rings. The minimum absolute atomic E-state index is 0.157. The van der Waals surface area contributed by atoms with E-state index in [0.29, 0.717) is 39.0 Å². The number of thiazole rings is 1. The zero-order valence-electron chi connectivity index (χ0n) is 18.7. The molecular weight excluding hydrogens is 502 g/mol. The SMILES string of the molecule is C=CCn1c(SCC(=O)Nc2nc(-c3ccccc3)c(C)s2)nnc1-c1cc2cc(Cl)ccc2o1. The van der Waals surface area contributed by atoms with Crippen molar-refractivity contribution in [2.45, 2.75) is 18.6 Å². The topological polar surface area (TPSA) is 85.8 Å². The van der Waals surface area contributed by atoms with E-state index in [4.69, 9.17) is 16.0 Å². The molecule has 2 aromatic carbocycles. The van der Waals surface area contributed by atoms with Crippen LogP contribution in [0.2, 0.25) is 5.02 Å². The number of amides is 1. The Morgan fingerprint density at radius 2 is 2.06 bits per heavy atom. The van der Waals surface area contributed by atoms with Crippen molar-refractivity contribution >= 4 is 56.7 Å². The van der Waals surface area contributed by atoms with Crippen molar-refractivity contribution in [1.29, 1.82) is 0 Å². The highest BCUT2D eigenvalue weighted by molar-refractivity contribution is 7.99. The van der Waals surface area contributed by atoms with E-state index in [9.17, 15) is 4.79 Å². The Morgan fingerprint density at radius 1 is 1.23 bits per heavy atom. The van der Waals surface area contributed by atoms with Gasteiger partial charge in [0.05, 0.1) is 11.4 Å². The molecule has 10 heteroatoms. The van der Waals surface area contributed by atoms with Crippen LogP contribution in [0.3, 0.4) is 0 Å². The van der Waals surface area contributed by atoms with Crippen molar-refractivity contribution in [1.82, 2.24) is 19.7 Å². The van der Waals surface area contributed by atoms with E-state index in [1.807, 2.05) is 60.0 Å². The van der Waals surface area contributed by atoms with E-state index in [0.717, 1.165) is 21.5 Å². The number of nitrogens with zero attached hydrogens (tertiary/aromatic N) is 4. The molecule has 0 bridgehead atoms. The third kappa shape index (κ3) is 5.02. The third-order valence-corrected chi connectivity index (χ3v) is 7.24. The molecule has 35 heavy (non-hydrogen) atoms. The van der Waals surface area contributed by atoms with Crippen molar-refractivity contribution < 1.29 is 9.21 Å². The Bertz CT molecular complexity index is 1520. The number of anilines is 1. The summed E-state index contributed by atoms with van der Waals surface area (Å²) in [4.78, 5) is 18.3. The fourth-order valence-corrected chi connectivity index (χ4v) is 5.38. The lowest BCUT2D eigenvalue weighted by Gasteiger charge is -2.06. The van der Waals surface area contributed by atoms with Crippen LogP contribution in [-0.2, 0) is 11.3 Å². The number of nitrogens with one attached hydrogen (secondary N) is 1. The minimum atomic E-state index is -0.170. The van der Waals surface area contributed by atoms with Gasteiger partial charge < -0.3 is 9.73 Å². The second-order valence-electron chi connectivity index (χ2n) is 7.62. The van der Waals surface area contributed by atoms with Gasteiger partial charge in [0.2, 0.25) is 11.7 Å². The summed E-state index contributed by atoms with van der Waals surface area (Å²) in [6.45, 7) is 6.30. The third-order valence-electron chi connectivity index (χ3n) is 5.15. The van der Waals surface area contributed by atoms with Crippen LogP contribution in [0.1, 0.15) is 4.88 Å². The van der Waals surface area contributed by atoms with Crippen LogP contribution in [0.15, 0.2) is 76.8 Å². The lowest BCUT2D eigenvalue weighted by molar-refractivity contribution is -0.113. The molecule has 7 nitrogen and oxygen atoms in total. The average molecular weight is 522 g/mol. The number of aryl methyl sites for hydroxylation is 1. The summed E-state index contributed by atoms with van der Waals surface area (Å²) in [6.07, 6.45) is 1.75. The zero-order chi connectivity index (χ0) is 24.4. The molecule has 3 aromatic heterocycles. The van der Waals surface area contributed by atoms with E-state index in [2.05, 4.69) is 27.1 Å². The van der Waals surface area contributed by atoms with E-state index in [1.54, 1.807) is 12.1 Å². The predicted molar refractivity (Wildman–Crippen MR) is 142 cm³/mol. The van der Waals surface area contributed by atoms with Crippen LogP contribution in [0.5, 0.6) is 0 Å². The number of carbonyl (C=O) groups is 1. The number of aromatic nitrogens is 4. The Labute approximate surface area is 214 Å². The maximum Gasteiger partial charge on any atom is 0.236 e. The molecule has 0 aliphatic carbocycles. The van der Waals surface area contributed by atoms with Gasteiger partial charge in [-0.25, -0.2) is 4.98 Å². The van der Waals surface area contributed by atoms with Gasteiger partial charge in [0.25, 0.3) is 0 Å². The Hall–Kier alpha value is -3.40. The van der Waals surface area contributed by atoms with Crippen LogP contribution < -0.4 is 5.32 Å². The van der Waals surface area contributed by atoms with Gasteiger partial charge in [-0.2, -0.15) is 0 Å². The molecule has 0 aliphatic heterocycles. The molecule has 5 aromatic rings. The van der Waals surface area contributed by atoms with Crippen molar-refractivity contribution in [3.63, 3.8) is 0 Å². The monoisotopic (exact) mass is 521 g/mol. The van der Waals surface area contributed by atoms with Crippen LogP contribution in [-0.4, -0.2) is 31.4 Å². The van der Waals surface area contributed by atoms with Gasteiger partial charge in [-0.1, -0.05) is 59.8 Å². The molecule has 0 spiro atoms. The number of carbonyl (C=O) groups excluding carboxylic acids is 1. The van der Waals surface area contributed by atoms with Gasteiger partial charge in [-0.3, -0.25) is 9.36 Å². The second kappa shape index (κ2) is 10.1. The van der Waals surface area contributed by atoms with E-state index in [1.165, 1.54) is 23.1 Å². The van der Waals surface area contributed by atoms with E-state index < -0.39 is 0 Å². The number of hydrogen-bond acceptors (Lipinski definition) is 7. The first kappa shape index (κ1) is 23.3. The predicted octanol–water partition coefficient (Wildman–Crippen LogP) is 6.69. The second-order valence-corrected chi connectivity index (χ2v) is 10.2. The molecule has 0 unspecified atom stereocenters. The summed E-state index contributed by atoms with van der Waals surface area (Å²) in [5.74, 6) is 1.11. The molecule has 3 heterocycles. The lowest BCUT2D eigenvalue weighted by atomic mass is 10.1. The Balaban J connectivity index is 1.30. The normalized spacial score (nSPS) is 11.1. The number of furan rings is 1. The van der Waals surface area contributed by atoms with Gasteiger partial charge in [0.15, 0.2) is 16.0 Å². The van der Waals surface area contributed by atoms with Crippen molar-refractivity contribution in [2.24, 2.45) is 0 Å². The highest BCUT2D eigenvalue weighted by Gasteiger charge is 2.19. The molecule has 1 amide bonds. The molecule has 5 rings (SSSR count). The maximum absolute atomic E-state index is 12.7. The fraction of sp³-hybridized carbons (Fsp3) is 0.120. The first-order valence-electron chi connectivity index (χ1n) is 10.7. The molecule has 0 fully saturated rings. The maximum atomic E-state index is 12.7. The molecule has 0 atom stereocenters. The van der Waals surface area contributed by atoms with Crippen LogP contribution in [0.25, 0.3) is 33.8 Å². The molecule has 0 saturated carbocycles. The number of allylic oxidation sites excluding steroid dienone is 1. The number of halogens is 1. The largest absolute Gasteiger partial charge is 0.453 e. The zero-order valence-corrected chi connectivity index (χ0v) is 21.1. The summed E-state index contributed by atoms with van der Waals surface area (Å²) in [7, 11) is 0. The van der Waals surface area contributed by atoms with Gasteiger partial charge in [-0.05, 0) is 31.2 Å². The molecular formula is C25H20ClN5O2S2. The van der Waals surface area contributed by atoms with Gasteiger partial charge in [0.1, 0.15) is 5.58 Å². The quantitative estimate of drug-likeness (QED) is 0.181. The summed E-state index contributed by atoms with van der Waals surface area (Å²) in [5, 5.41) is 14.2. The summed E-state index contributed by atoms with van der Waals surface area (Å²) in [6, 6.07) is 17.2. The summed E-state index contributed by atoms with van der Waals surface area (Å²) >= 11 is 8.84. The molecule has 0 radical (unpaired) electrons. The number of fused-ring (bicyclic) bond motifs is 1. The van der Waals surface area contributed by atoms with Crippen LogP contribution >= 0.6 is 34.7 Å². The summed E-state index contributed by atoms with van der Waals surface area (Å²) < 4.78 is 7.82. The van der Waals surface area contributed by atoms with Crippen molar-refractivity contribution in [3.8, 4) is 22.8 Å². The fourth-order valence-electron chi connectivity index (χ4n) is 3.60. The smallest absolute Gasteiger partial charge is 0.236 e. The number of rotatable bonds is 8. The lowest BCUT2D eigenvalue weighted by Crippen LogP contribution is -2.14. The number of benzene rings is 2. The standard InChI is InChI=1S/C25H20ClN5O2S2/c1-3-11-31-23(20-13-17-12-18(26)9-10-19(17)33-20)29-30-25(31)34-14-21(32)27-24-28-22(15(2)35-24)16-7-5-4-6-8-16/h3-10,12-13H,1,11,14H2,2H3,(H,27,28,32). The molecule has 176 valence electrons. The van der Waals surface area contributed by atoms with Gasteiger partial charge in [-0.15, -0.1) is 28.1 Å². The molecule has 0 saturated heterocycles. The Morgan fingerprint density at radius 3 is 2.86 bits per heavy atom. The summed E-state index contributed by atoms with van der Waals surface area (Å²) in [5.41, 5.74) is 2.61. The highest BCUT2D eigenvalue weighted by Crippen LogP contribution is 2.32. The Kier molecular flexibility index (Phi) is 6.72. The highest BCUT2D eigenvalue weighted by atomic mass is 35.5. The van der Waals surface area contributed by atoms with Crippen LogP contribution in [0.4, 0.5) is 5.13 Å².